The summed E-state index contributed by atoms with van der Waals surface area (Å²) < 4.78 is 0. The Kier molecular flexibility index (Phi) is 6.30. The maximum Gasteiger partial charge on any atom is 0.185 e. The number of hydrogen-bond acceptors (Lipinski definition) is 4. The third-order valence-corrected chi connectivity index (χ3v) is 5.44. The Balaban J connectivity index is 2.04. The zero-order valence-corrected chi connectivity index (χ0v) is 14.1. The van der Waals surface area contributed by atoms with Gasteiger partial charge in [-0.25, -0.2) is 4.98 Å². The van der Waals surface area contributed by atoms with Gasteiger partial charge in [-0.15, -0.1) is 11.3 Å². The van der Waals surface area contributed by atoms with E-state index in [1.807, 2.05) is 11.3 Å². The molecule has 0 spiro atoms. The lowest BCUT2D eigenvalue weighted by molar-refractivity contribution is 0.556. The first-order chi connectivity index (χ1) is 9.72. The molecule has 0 aromatic carbocycles. The van der Waals surface area contributed by atoms with Crippen LogP contribution < -0.4 is 10.2 Å². The molecule has 1 saturated heterocycles. The van der Waals surface area contributed by atoms with Crippen LogP contribution in [0.1, 0.15) is 69.0 Å². The first-order valence-electron chi connectivity index (χ1n) is 8.18. The van der Waals surface area contributed by atoms with E-state index in [2.05, 4.69) is 31.0 Å². The van der Waals surface area contributed by atoms with Gasteiger partial charge in [0.15, 0.2) is 5.13 Å². The van der Waals surface area contributed by atoms with Gasteiger partial charge < -0.3 is 10.2 Å². The molecule has 0 radical (unpaired) electrons. The summed E-state index contributed by atoms with van der Waals surface area (Å²) in [4.78, 5) is 8.76. The number of hydrogen-bond donors (Lipinski definition) is 1. The number of nitrogens with one attached hydrogen (secondary N) is 1. The fraction of sp³-hybridized carbons (Fsp3) is 0.812. The van der Waals surface area contributed by atoms with E-state index in [1.165, 1.54) is 67.3 Å². The minimum Gasteiger partial charge on any atom is -0.348 e. The Hall–Kier alpha value is -0.610. The van der Waals surface area contributed by atoms with Crippen LogP contribution in [0.25, 0.3) is 0 Å². The van der Waals surface area contributed by atoms with Gasteiger partial charge in [0, 0.05) is 24.0 Å². The SMILES string of the molecule is CCCNC(C)c1sc(N2CCCCCCC2)nc1C. The van der Waals surface area contributed by atoms with E-state index in [-0.39, 0.29) is 0 Å². The Morgan fingerprint density at radius 2 is 1.85 bits per heavy atom. The topological polar surface area (TPSA) is 28.2 Å². The Morgan fingerprint density at radius 3 is 2.50 bits per heavy atom. The number of thiazole rings is 1. The molecule has 1 unspecified atom stereocenters. The van der Waals surface area contributed by atoms with Crippen LogP contribution in [0.5, 0.6) is 0 Å². The van der Waals surface area contributed by atoms with Crippen molar-refractivity contribution in [2.45, 2.75) is 65.3 Å². The molecule has 1 aliphatic rings. The normalized spacial score (nSPS) is 18.6. The monoisotopic (exact) mass is 295 g/mol. The van der Waals surface area contributed by atoms with Gasteiger partial charge in [0.05, 0.1) is 5.69 Å². The Bertz CT molecular complexity index is 394. The van der Waals surface area contributed by atoms with E-state index in [0.29, 0.717) is 6.04 Å². The molecular formula is C16H29N3S. The number of aromatic nitrogens is 1. The van der Waals surface area contributed by atoms with Crippen molar-refractivity contribution in [2.75, 3.05) is 24.5 Å². The van der Waals surface area contributed by atoms with Crippen molar-refractivity contribution in [1.29, 1.82) is 0 Å². The van der Waals surface area contributed by atoms with Crippen LogP contribution in [-0.4, -0.2) is 24.6 Å². The largest absolute Gasteiger partial charge is 0.348 e. The second-order valence-corrected chi connectivity index (χ2v) is 6.89. The van der Waals surface area contributed by atoms with Crippen molar-refractivity contribution in [3.8, 4) is 0 Å². The van der Waals surface area contributed by atoms with E-state index in [4.69, 9.17) is 4.98 Å². The fourth-order valence-corrected chi connectivity index (χ4v) is 3.97. The van der Waals surface area contributed by atoms with Crippen LogP contribution in [0.15, 0.2) is 0 Å². The summed E-state index contributed by atoms with van der Waals surface area (Å²) in [6, 6.07) is 0.427. The van der Waals surface area contributed by atoms with Crippen LogP contribution in [0, 0.1) is 6.92 Å². The average Bonchev–Trinajstić information content (AvgIpc) is 2.77. The predicted molar refractivity (Wildman–Crippen MR) is 88.9 cm³/mol. The molecule has 3 nitrogen and oxygen atoms in total. The van der Waals surface area contributed by atoms with Crippen molar-refractivity contribution >= 4 is 16.5 Å². The minimum atomic E-state index is 0.427. The van der Waals surface area contributed by atoms with Gasteiger partial charge in [-0.3, -0.25) is 0 Å². The van der Waals surface area contributed by atoms with Crippen molar-refractivity contribution < 1.29 is 0 Å². The first-order valence-corrected chi connectivity index (χ1v) is 8.99. The molecule has 0 amide bonds. The van der Waals surface area contributed by atoms with Crippen LogP contribution in [-0.2, 0) is 0 Å². The lowest BCUT2D eigenvalue weighted by atomic mass is 10.1. The first kappa shape index (κ1) is 15.8. The van der Waals surface area contributed by atoms with E-state index < -0.39 is 0 Å². The number of rotatable bonds is 5. The summed E-state index contributed by atoms with van der Waals surface area (Å²) in [6.45, 7) is 10.1. The van der Waals surface area contributed by atoms with Crippen molar-refractivity contribution in [1.82, 2.24) is 10.3 Å². The average molecular weight is 295 g/mol. The van der Waals surface area contributed by atoms with Gasteiger partial charge >= 0.3 is 0 Å². The summed E-state index contributed by atoms with van der Waals surface area (Å²) in [5, 5.41) is 4.82. The summed E-state index contributed by atoms with van der Waals surface area (Å²) in [6.07, 6.45) is 7.98. The third kappa shape index (κ3) is 4.19. The molecule has 2 rings (SSSR count). The van der Waals surface area contributed by atoms with Crippen molar-refractivity contribution in [2.24, 2.45) is 0 Å². The van der Waals surface area contributed by atoms with Gasteiger partial charge in [0.1, 0.15) is 0 Å². The highest BCUT2D eigenvalue weighted by atomic mass is 32.1. The van der Waals surface area contributed by atoms with Crippen LogP contribution >= 0.6 is 11.3 Å². The summed E-state index contributed by atoms with van der Waals surface area (Å²) in [5.41, 5.74) is 1.21. The molecule has 1 aliphatic heterocycles. The second-order valence-electron chi connectivity index (χ2n) is 5.88. The third-order valence-electron chi connectivity index (χ3n) is 4.04. The highest BCUT2D eigenvalue weighted by Gasteiger charge is 2.18. The zero-order valence-electron chi connectivity index (χ0n) is 13.2. The van der Waals surface area contributed by atoms with Gasteiger partial charge in [0.25, 0.3) is 0 Å². The van der Waals surface area contributed by atoms with Crippen molar-refractivity contribution in [3.63, 3.8) is 0 Å². The maximum atomic E-state index is 4.84. The lowest BCUT2D eigenvalue weighted by Crippen LogP contribution is -2.26. The number of aryl methyl sites for hydroxylation is 1. The number of anilines is 1. The molecule has 1 fully saturated rings. The van der Waals surface area contributed by atoms with Gasteiger partial charge in [-0.2, -0.15) is 0 Å². The van der Waals surface area contributed by atoms with E-state index >= 15 is 0 Å². The lowest BCUT2D eigenvalue weighted by Gasteiger charge is -2.24. The van der Waals surface area contributed by atoms with Gasteiger partial charge in [0.2, 0.25) is 0 Å². The molecular weight excluding hydrogens is 266 g/mol. The Labute approximate surface area is 127 Å². The molecule has 20 heavy (non-hydrogen) atoms. The summed E-state index contributed by atoms with van der Waals surface area (Å²) in [5.74, 6) is 0. The predicted octanol–water partition coefficient (Wildman–Crippen LogP) is 4.28. The molecule has 1 N–H and O–H groups in total. The van der Waals surface area contributed by atoms with Gasteiger partial charge in [-0.1, -0.05) is 26.2 Å². The number of nitrogens with zero attached hydrogens (tertiary/aromatic N) is 2. The quantitative estimate of drug-likeness (QED) is 0.878. The molecule has 0 bridgehead atoms. The zero-order chi connectivity index (χ0) is 14.4. The van der Waals surface area contributed by atoms with E-state index in [1.54, 1.807) is 0 Å². The van der Waals surface area contributed by atoms with E-state index in [9.17, 15) is 0 Å². The highest BCUT2D eigenvalue weighted by Crippen LogP contribution is 2.31. The van der Waals surface area contributed by atoms with Crippen LogP contribution in [0.3, 0.4) is 0 Å². The second kappa shape index (κ2) is 7.99. The molecule has 1 aromatic heterocycles. The molecule has 1 atom stereocenters. The Morgan fingerprint density at radius 1 is 1.20 bits per heavy atom. The summed E-state index contributed by atoms with van der Waals surface area (Å²) >= 11 is 1.89. The van der Waals surface area contributed by atoms with Gasteiger partial charge in [-0.05, 0) is 39.7 Å². The molecule has 2 heterocycles. The maximum absolute atomic E-state index is 4.84. The molecule has 114 valence electrons. The highest BCUT2D eigenvalue weighted by molar-refractivity contribution is 7.15. The van der Waals surface area contributed by atoms with E-state index in [0.717, 1.165) is 6.54 Å². The molecule has 0 saturated carbocycles. The standard InChI is InChI=1S/C16H29N3S/c1-4-10-17-13(2)15-14(3)18-16(20-15)19-11-8-6-5-7-9-12-19/h13,17H,4-12H2,1-3H3. The summed E-state index contributed by atoms with van der Waals surface area (Å²) in [7, 11) is 0. The molecule has 0 aliphatic carbocycles. The minimum absolute atomic E-state index is 0.427. The fourth-order valence-electron chi connectivity index (χ4n) is 2.82. The molecule has 4 heteroatoms. The molecule has 1 aromatic rings. The smallest absolute Gasteiger partial charge is 0.185 e. The van der Waals surface area contributed by atoms with Crippen LogP contribution in [0.2, 0.25) is 0 Å². The van der Waals surface area contributed by atoms with Crippen LogP contribution in [0.4, 0.5) is 5.13 Å². The van der Waals surface area contributed by atoms with Crippen molar-refractivity contribution in [3.05, 3.63) is 10.6 Å².